The lowest BCUT2D eigenvalue weighted by molar-refractivity contribution is 0.939. The number of nitrogens with two attached hydrogens (primary N) is 1. The van der Waals surface area contributed by atoms with E-state index in [2.05, 4.69) is 15.0 Å². The molecule has 0 bridgehead atoms. The van der Waals surface area contributed by atoms with Crippen LogP contribution in [0.1, 0.15) is 11.4 Å². The summed E-state index contributed by atoms with van der Waals surface area (Å²) in [4.78, 5) is 12.6. The molecule has 0 fully saturated rings. The summed E-state index contributed by atoms with van der Waals surface area (Å²) in [6.07, 6.45) is 1.56. The average Bonchev–Trinajstić information content (AvgIpc) is 2.26. The molecular weight excluding hydrogens is 291 g/mol. The van der Waals surface area contributed by atoms with Crippen LogP contribution in [0.5, 0.6) is 0 Å². The number of aryl methyl sites for hydroxylation is 1. The summed E-state index contributed by atoms with van der Waals surface area (Å²) < 4.78 is 0. The van der Waals surface area contributed by atoms with Crippen LogP contribution in [0.25, 0.3) is 0 Å². The minimum absolute atomic E-state index is 0.458. The van der Waals surface area contributed by atoms with Crippen molar-refractivity contribution < 1.29 is 0 Å². The molecule has 0 aliphatic rings. The zero-order valence-corrected chi connectivity index (χ0v) is 11.9. The molecular formula is C11H10Cl2N4S. The van der Waals surface area contributed by atoms with E-state index in [1.807, 2.05) is 6.92 Å². The molecule has 0 spiro atoms. The maximum Gasteiger partial charge on any atom is 0.190 e. The molecule has 0 amide bonds. The van der Waals surface area contributed by atoms with Gasteiger partial charge in [-0.05, 0) is 13.0 Å². The molecule has 0 atom stereocenters. The Bertz CT molecular complexity index is 557. The summed E-state index contributed by atoms with van der Waals surface area (Å²) in [5.41, 5.74) is 7.23. The monoisotopic (exact) mass is 300 g/mol. The first-order valence-electron chi connectivity index (χ1n) is 5.08. The van der Waals surface area contributed by atoms with Gasteiger partial charge in [-0.25, -0.2) is 9.97 Å². The van der Waals surface area contributed by atoms with E-state index in [4.69, 9.17) is 28.9 Å². The fourth-order valence-corrected chi connectivity index (χ4v) is 2.71. The molecule has 0 saturated heterocycles. The molecule has 0 radical (unpaired) electrons. The molecule has 0 aliphatic heterocycles. The molecule has 18 heavy (non-hydrogen) atoms. The lowest BCUT2D eigenvalue weighted by Crippen LogP contribution is -1.97. The second kappa shape index (κ2) is 5.73. The van der Waals surface area contributed by atoms with E-state index in [9.17, 15) is 0 Å². The predicted octanol–water partition coefficient (Wildman–Crippen LogP) is 3.36. The number of nitrogen functional groups attached to an aromatic ring is 1. The van der Waals surface area contributed by atoms with Crippen molar-refractivity contribution in [1.29, 1.82) is 0 Å². The number of rotatable bonds is 3. The minimum atomic E-state index is 0.458. The van der Waals surface area contributed by atoms with Crippen molar-refractivity contribution in [3.8, 4) is 0 Å². The zero-order valence-electron chi connectivity index (χ0n) is 9.52. The molecule has 2 heterocycles. The van der Waals surface area contributed by atoms with Crippen molar-refractivity contribution in [3.63, 3.8) is 0 Å². The molecule has 7 heteroatoms. The Hall–Kier alpha value is -1.04. The van der Waals surface area contributed by atoms with E-state index in [-0.39, 0.29) is 0 Å². The van der Waals surface area contributed by atoms with E-state index in [1.165, 1.54) is 11.8 Å². The van der Waals surface area contributed by atoms with Gasteiger partial charge >= 0.3 is 0 Å². The van der Waals surface area contributed by atoms with Crippen molar-refractivity contribution in [2.45, 2.75) is 17.8 Å². The van der Waals surface area contributed by atoms with E-state index in [0.29, 0.717) is 26.8 Å². The second-order valence-electron chi connectivity index (χ2n) is 3.59. The van der Waals surface area contributed by atoms with Gasteiger partial charge in [-0.15, -0.1) is 0 Å². The Labute approximate surface area is 119 Å². The molecule has 2 aromatic heterocycles. The summed E-state index contributed by atoms with van der Waals surface area (Å²) in [5, 5.41) is 1.67. The third kappa shape index (κ3) is 3.48. The quantitative estimate of drug-likeness (QED) is 0.695. The summed E-state index contributed by atoms with van der Waals surface area (Å²) in [5.74, 6) is 1.03. The van der Waals surface area contributed by atoms with Crippen molar-refractivity contribution in [2.75, 3.05) is 5.73 Å². The largest absolute Gasteiger partial charge is 0.384 e. The van der Waals surface area contributed by atoms with Gasteiger partial charge in [0.05, 0.1) is 15.7 Å². The van der Waals surface area contributed by atoms with Crippen molar-refractivity contribution >= 4 is 40.8 Å². The first-order chi connectivity index (χ1) is 8.54. The van der Waals surface area contributed by atoms with E-state index < -0.39 is 0 Å². The van der Waals surface area contributed by atoms with E-state index in [0.717, 1.165) is 11.4 Å². The highest BCUT2D eigenvalue weighted by Gasteiger charge is 2.06. The number of aromatic nitrogens is 3. The molecule has 2 aromatic rings. The van der Waals surface area contributed by atoms with Gasteiger partial charge in [-0.3, -0.25) is 4.98 Å². The maximum absolute atomic E-state index is 6.03. The average molecular weight is 301 g/mol. The Balaban J connectivity index is 2.11. The van der Waals surface area contributed by atoms with E-state index >= 15 is 0 Å². The van der Waals surface area contributed by atoms with Gasteiger partial charge in [0.2, 0.25) is 0 Å². The van der Waals surface area contributed by atoms with Crippen LogP contribution in [0, 0.1) is 6.92 Å². The van der Waals surface area contributed by atoms with Crippen molar-refractivity contribution in [1.82, 2.24) is 15.0 Å². The predicted molar refractivity (Wildman–Crippen MR) is 75.0 cm³/mol. The second-order valence-corrected chi connectivity index (χ2v) is 5.37. The van der Waals surface area contributed by atoms with Crippen LogP contribution >= 0.6 is 35.0 Å². The van der Waals surface area contributed by atoms with Gasteiger partial charge < -0.3 is 5.73 Å². The summed E-state index contributed by atoms with van der Waals surface area (Å²) in [6.45, 7) is 1.87. The van der Waals surface area contributed by atoms with Gasteiger partial charge in [-0.1, -0.05) is 35.0 Å². The van der Waals surface area contributed by atoms with Crippen LogP contribution in [0.2, 0.25) is 10.0 Å². The molecule has 4 nitrogen and oxygen atoms in total. The maximum atomic E-state index is 6.03. The van der Waals surface area contributed by atoms with Gasteiger partial charge in [0.15, 0.2) is 5.16 Å². The first-order valence-corrected chi connectivity index (χ1v) is 6.82. The van der Waals surface area contributed by atoms with Crippen molar-refractivity contribution in [2.24, 2.45) is 0 Å². The molecule has 0 saturated carbocycles. The lowest BCUT2D eigenvalue weighted by atomic mass is 10.4. The molecule has 2 rings (SSSR count). The van der Waals surface area contributed by atoms with Gasteiger partial charge in [0.25, 0.3) is 0 Å². The number of nitrogens with zero attached hydrogens (tertiary/aromatic N) is 3. The Morgan fingerprint density at radius 3 is 2.72 bits per heavy atom. The number of halogens is 2. The van der Waals surface area contributed by atoms with Gasteiger partial charge in [0, 0.05) is 23.7 Å². The number of hydrogen-bond acceptors (Lipinski definition) is 5. The molecule has 2 N–H and O–H groups in total. The van der Waals surface area contributed by atoms with Crippen molar-refractivity contribution in [3.05, 3.63) is 39.8 Å². The van der Waals surface area contributed by atoms with E-state index in [1.54, 1.807) is 18.3 Å². The third-order valence-corrected chi connectivity index (χ3v) is 3.47. The van der Waals surface area contributed by atoms with Crippen LogP contribution in [0.3, 0.4) is 0 Å². The fourth-order valence-electron chi connectivity index (χ4n) is 1.31. The Morgan fingerprint density at radius 2 is 2.06 bits per heavy atom. The van der Waals surface area contributed by atoms with Gasteiger partial charge in [0.1, 0.15) is 5.82 Å². The highest BCUT2D eigenvalue weighted by molar-refractivity contribution is 7.98. The summed E-state index contributed by atoms with van der Waals surface area (Å²) >= 11 is 13.2. The van der Waals surface area contributed by atoms with Crippen LogP contribution in [-0.4, -0.2) is 15.0 Å². The van der Waals surface area contributed by atoms with Crippen LogP contribution in [0.15, 0.2) is 23.5 Å². The summed E-state index contributed by atoms with van der Waals surface area (Å²) in [6, 6.07) is 3.38. The lowest BCUT2D eigenvalue weighted by Gasteiger charge is -2.04. The first kappa shape index (κ1) is 13.4. The molecule has 94 valence electrons. The fraction of sp³-hybridized carbons (Fsp3) is 0.182. The topological polar surface area (TPSA) is 64.7 Å². The highest BCUT2D eigenvalue weighted by Crippen LogP contribution is 2.25. The molecule has 0 aliphatic carbocycles. The summed E-state index contributed by atoms with van der Waals surface area (Å²) in [7, 11) is 0. The van der Waals surface area contributed by atoms with Crippen LogP contribution < -0.4 is 5.73 Å². The molecule has 0 unspecified atom stereocenters. The number of hydrogen-bond donors (Lipinski definition) is 1. The molecule has 0 aromatic carbocycles. The SMILES string of the molecule is Cc1cc(N)nc(SCc2ncc(Cl)cc2Cl)n1. The smallest absolute Gasteiger partial charge is 0.190 e. The minimum Gasteiger partial charge on any atom is -0.384 e. The normalized spacial score (nSPS) is 10.6. The third-order valence-electron chi connectivity index (χ3n) is 2.08. The van der Waals surface area contributed by atoms with Crippen LogP contribution in [0.4, 0.5) is 5.82 Å². The number of pyridine rings is 1. The van der Waals surface area contributed by atoms with Crippen LogP contribution in [-0.2, 0) is 5.75 Å². The van der Waals surface area contributed by atoms with Gasteiger partial charge in [-0.2, -0.15) is 0 Å². The standard InChI is InChI=1S/C11H10Cl2N4S/c1-6-2-10(14)17-11(16-6)18-5-9-8(13)3-7(12)4-15-9/h2-4H,5H2,1H3,(H2,14,16,17). The number of thioether (sulfide) groups is 1. The Morgan fingerprint density at radius 1 is 1.28 bits per heavy atom. The zero-order chi connectivity index (χ0) is 13.1. The highest BCUT2D eigenvalue weighted by atomic mass is 35.5. The number of anilines is 1. The Kier molecular flexibility index (Phi) is 4.27.